The third-order valence-electron chi connectivity index (χ3n) is 4.68. The molecule has 2 heterocycles. The third-order valence-corrected chi connectivity index (χ3v) is 10.4. The average molecular weight is 497 g/mol. The molecule has 0 saturated carbocycles. The van der Waals surface area contributed by atoms with Gasteiger partial charge in [0.05, 0.1) is 0 Å². The Morgan fingerprint density at radius 3 is 2.65 bits per heavy atom. The zero-order valence-electron chi connectivity index (χ0n) is 17.9. The number of nitrogens with one attached hydrogen (secondary N) is 1. The smallest absolute Gasteiger partial charge is 0.303 e. The van der Waals surface area contributed by atoms with Gasteiger partial charge in [-0.15, -0.1) is 11.3 Å². The maximum absolute atomic E-state index is 13.1. The molecule has 0 radical (unpaired) electrons. The standard InChI is InChI=1S/C18H28N2O8S3/c1-5-19-15-10-20(7-6-8-27-4)31(25,26)18-14(15)9-17(29-18)30(23,24)11-16(22)12(2)28-13(3)21/h9,12,15,19H,5-8,10-11H2,1-4H3/t12-,15-/m0/s1. The van der Waals surface area contributed by atoms with E-state index < -0.39 is 43.5 Å². The highest BCUT2D eigenvalue weighted by molar-refractivity contribution is 7.95. The Bertz CT molecular complexity index is 1020. The van der Waals surface area contributed by atoms with Crippen LogP contribution in [0.3, 0.4) is 0 Å². The zero-order valence-corrected chi connectivity index (χ0v) is 20.4. The van der Waals surface area contributed by atoms with Crippen molar-refractivity contribution in [2.45, 2.75) is 47.8 Å². The molecule has 13 heteroatoms. The number of hydrogen-bond donors (Lipinski definition) is 1. The number of nitrogens with zero attached hydrogens (tertiary/aromatic N) is 1. The first kappa shape index (κ1) is 25.9. The monoisotopic (exact) mass is 496 g/mol. The molecule has 2 atom stereocenters. The molecule has 0 saturated heterocycles. The highest BCUT2D eigenvalue weighted by atomic mass is 32.3. The minimum absolute atomic E-state index is 0.0406. The number of sulfonamides is 1. The summed E-state index contributed by atoms with van der Waals surface area (Å²) in [5.41, 5.74) is 0.383. The van der Waals surface area contributed by atoms with Crippen LogP contribution in [0.25, 0.3) is 0 Å². The van der Waals surface area contributed by atoms with Gasteiger partial charge in [-0.2, -0.15) is 4.31 Å². The summed E-state index contributed by atoms with van der Waals surface area (Å²) in [6.07, 6.45) is -0.709. The van der Waals surface area contributed by atoms with E-state index in [9.17, 15) is 26.4 Å². The molecule has 1 N–H and O–H groups in total. The number of sulfone groups is 1. The van der Waals surface area contributed by atoms with E-state index in [0.717, 1.165) is 6.92 Å². The molecule has 0 bridgehead atoms. The third kappa shape index (κ3) is 6.11. The van der Waals surface area contributed by atoms with E-state index in [0.29, 0.717) is 36.5 Å². The molecule has 1 aromatic rings. The van der Waals surface area contributed by atoms with Crippen LogP contribution >= 0.6 is 11.3 Å². The first-order chi connectivity index (χ1) is 14.4. The van der Waals surface area contributed by atoms with E-state index in [2.05, 4.69) is 5.32 Å². The summed E-state index contributed by atoms with van der Waals surface area (Å²) in [6, 6.07) is 0.957. The maximum Gasteiger partial charge on any atom is 0.303 e. The lowest BCUT2D eigenvalue weighted by atomic mass is 10.1. The van der Waals surface area contributed by atoms with Crippen LogP contribution in [0.5, 0.6) is 0 Å². The number of ketones is 1. The Morgan fingerprint density at radius 2 is 2.06 bits per heavy atom. The number of fused-ring (bicyclic) bond motifs is 1. The van der Waals surface area contributed by atoms with Crippen molar-refractivity contribution in [2.24, 2.45) is 0 Å². The van der Waals surface area contributed by atoms with Crippen molar-refractivity contribution in [3.05, 3.63) is 11.6 Å². The van der Waals surface area contributed by atoms with E-state index in [1.165, 1.54) is 24.4 Å². The molecule has 10 nitrogen and oxygen atoms in total. The van der Waals surface area contributed by atoms with Crippen molar-refractivity contribution < 1.29 is 35.9 Å². The minimum Gasteiger partial charge on any atom is -0.455 e. The van der Waals surface area contributed by atoms with Crippen molar-refractivity contribution in [3.63, 3.8) is 0 Å². The normalized spacial score (nSPS) is 19.5. The average Bonchev–Trinajstić information content (AvgIpc) is 3.12. The van der Waals surface area contributed by atoms with Gasteiger partial charge in [-0.1, -0.05) is 6.92 Å². The number of carbonyl (C=O) groups is 2. The largest absolute Gasteiger partial charge is 0.455 e. The van der Waals surface area contributed by atoms with Gasteiger partial charge in [-0.25, -0.2) is 16.8 Å². The Balaban J connectivity index is 2.37. The molecule has 1 aliphatic rings. The SMILES string of the molecule is CCN[C@H]1CN(CCCOC)S(=O)(=O)c2sc(S(=O)(=O)CC(=O)[C@H](C)OC(C)=O)cc21. The lowest BCUT2D eigenvalue weighted by Gasteiger charge is -2.32. The van der Waals surface area contributed by atoms with E-state index in [1.54, 1.807) is 0 Å². The second kappa shape index (κ2) is 10.5. The Hall–Kier alpha value is -1.38. The number of Topliss-reactive ketones (excluding diaryl/α,β-unsaturated/α-hetero) is 1. The fraction of sp³-hybridized carbons (Fsp3) is 0.667. The van der Waals surface area contributed by atoms with Gasteiger partial charge >= 0.3 is 5.97 Å². The molecule has 0 unspecified atom stereocenters. The van der Waals surface area contributed by atoms with E-state index in [4.69, 9.17) is 9.47 Å². The number of carbonyl (C=O) groups excluding carboxylic acids is 2. The van der Waals surface area contributed by atoms with Crippen molar-refractivity contribution in [3.8, 4) is 0 Å². The molecule has 0 aromatic carbocycles. The number of hydrogen-bond acceptors (Lipinski definition) is 10. The summed E-state index contributed by atoms with van der Waals surface area (Å²) in [5.74, 6) is -2.36. The van der Waals surface area contributed by atoms with Gasteiger partial charge in [-0.05, 0) is 26.0 Å². The summed E-state index contributed by atoms with van der Waals surface area (Å²) < 4.78 is 62.6. The number of ether oxygens (including phenoxy) is 2. The number of methoxy groups -OCH3 is 1. The summed E-state index contributed by atoms with van der Waals surface area (Å²) in [6.45, 7) is 5.67. The van der Waals surface area contributed by atoms with Crippen LogP contribution in [-0.2, 0) is 38.9 Å². The molecular weight excluding hydrogens is 468 g/mol. The highest BCUT2D eigenvalue weighted by Gasteiger charge is 2.40. The summed E-state index contributed by atoms with van der Waals surface area (Å²) >= 11 is 0.641. The second-order valence-corrected chi connectivity index (χ2v) is 12.5. The number of rotatable bonds is 11. The molecule has 176 valence electrons. The van der Waals surface area contributed by atoms with Crippen LogP contribution < -0.4 is 5.32 Å². The van der Waals surface area contributed by atoms with Crippen LogP contribution in [-0.4, -0.2) is 78.1 Å². The molecule has 0 amide bonds. The van der Waals surface area contributed by atoms with Crippen LogP contribution in [0.15, 0.2) is 14.5 Å². The van der Waals surface area contributed by atoms with Crippen molar-refractivity contribution in [1.29, 1.82) is 0 Å². The van der Waals surface area contributed by atoms with Crippen molar-refractivity contribution >= 4 is 42.9 Å². The summed E-state index contributed by atoms with van der Waals surface area (Å²) in [4.78, 5) is 23.2. The molecule has 0 spiro atoms. The van der Waals surface area contributed by atoms with Gasteiger partial charge in [0.25, 0.3) is 10.0 Å². The van der Waals surface area contributed by atoms with E-state index in [1.807, 2.05) is 6.92 Å². The van der Waals surface area contributed by atoms with Gasteiger partial charge in [0.2, 0.25) is 0 Å². The van der Waals surface area contributed by atoms with Gasteiger partial charge in [0, 0.05) is 45.3 Å². The maximum atomic E-state index is 13.1. The molecule has 0 aliphatic carbocycles. The zero-order chi connectivity index (χ0) is 23.4. The van der Waals surface area contributed by atoms with Crippen LogP contribution in [0.4, 0.5) is 0 Å². The summed E-state index contributed by atoms with van der Waals surface area (Å²) in [7, 11) is -6.46. The quantitative estimate of drug-likeness (QED) is 0.347. The Kier molecular flexibility index (Phi) is 8.76. The highest BCUT2D eigenvalue weighted by Crippen LogP contribution is 2.40. The molecular formula is C18H28N2O8S3. The molecule has 1 aromatic heterocycles. The lowest BCUT2D eigenvalue weighted by Crippen LogP contribution is -2.43. The van der Waals surface area contributed by atoms with Crippen molar-refractivity contribution in [1.82, 2.24) is 9.62 Å². The lowest BCUT2D eigenvalue weighted by molar-refractivity contribution is -0.151. The molecule has 1 aliphatic heterocycles. The number of likely N-dealkylation sites (N-methyl/N-ethyl adjacent to an activating group) is 1. The first-order valence-corrected chi connectivity index (χ1v) is 13.6. The predicted molar refractivity (Wildman–Crippen MR) is 114 cm³/mol. The Labute approximate surface area is 186 Å². The Morgan fingerprint density at radius 1 is 1.39 bits per heavy atom. The number of esters is 1. The molecule has 2 rings (SSSR count). The van der Waals surface area contributed by atoms with Crippen molar-refractivity contribution in [2.75, 3.05) is 39.1 Å². The first-order valence-electron chi connectivity index (χ1n) is 9.73. The molecule has 0 fully saturated rings. The number of thiophene rings is 1. The van der Waals surface area contributed by atoms with Crippen LogP contribution in [0.2, 0.25) is 0 Å². The van der Waals surface area contributed by atoms with Crippen LogP contribution in [0.1, 0.15) is 38.8 Å². The van der Waals surface area contributed by atoms with Gasteiger partial charge in [-0.3, -0.25) is 9.59 Å². The van der Waals surface area contributed by atoms with Gasteiger partial charge < -0.3 is 14.8 Å². The van der Waals surface area contributed by atoms with Gasteiger partial charge in [0.15, 0.2) is 21.7 Å². The fourth-order valence-corrected chi connectivity index (χ4v) is 8.48. The topological polar surface area (TPSA) is 136 Å². The molecule has 31 heavy (non-hydrogen) atoms. The fourth-order valence-electron chi connectivity index (χ4n) is 3.19. The van der Waals surface area contributed by atoms with Gasteiger partial charge in [0.1, 0.15) is 14.2 Å². The van der Waals surface area contributed by atoms with E-state index in [-0.39, 0.29) is 27.5 Å². The predicted octanol–water partition coefficient (Wildman–Crippen LogP) is 0.734. The second-order valence-electron chi connectivity index (χ2n) is 7.10. The minimum atomic E-state index is -4.11. The van der Waals surface area contributed by atoms with Crippen LogP contribution in [0, 0.1) is 0 Å². The van der Waals surface area contributed by atoms with E-state index >= 15 is 0 Å². The summed E-state index contributed by atoms with van der Waals surface area (Å²) in [5, 5.41) is 3.19.